The van der Waals surface area contributed by atoms with Crippen molar-refractivity contribution >= 4 is 17.3 Å². The third-order valence-electron chi connectivity index (χ3n) is 2.74. The van der Waals surface area contributed by atoms with Crippen molar-refractivity contribution in [3.8, 4) is 0 Å². The lowest BCUT2D eigenvalue weighted by Crippen LogP contribution is -2.09. The molecule has 0 saturated carbocycles. The highest BCUT2D eigenvalue weighted by Crippen LogP contribution is 2.16. The molecule has 0 heterocycles. The molecule has 0 N–H and O–H groups in total. The van der Waals surface area contributed by atoms with Crippen molar-refractivity contribution in [2.75, 3.05) is 13.7 Å². The van der Waals surface area contributed by atoms with Gasteiger partial charge in [0.05, 0.1) is 6.61 Å². The average Bonchev–Trinajstić information content (AvgIpc) is 2.49. The maximum absolute atomic E-state index is 6.06. The third-order valence-corrected chi connectivity index (χ3v) is 3.11. The van der Waals surface area contributed by atoms with E-state index in [1.807, 2.05) is 54.6 Å². The fourth-order valence-corrected chi connectivity index (χ4v) is 1.92. The summed E-state index contributed by atoms with van der Waals surface area (Å²) in [5, 5.41) is 4.83. The highest BCUT2D eigenvalue weighted by molar-refractivity contribution is 6.31. The van der Waals surface area contributed by atoms with Gasteiger partial charge in [-0.25, -0.2) is 0 Å². The van der Waals surface area contributed by atoms with Crippen LogP contribution in [-0.2, 0) is 16.2 Å². The second kappa shape index (κ2) is 7.68. The topological polar surface area (TPSA) is 30.8 Å². The molecular formula is C16H16ClNO2. The normalized spacial score (nSPS) is 11.4. The summed E-state index contributed by atoms with van der Waals surface area (Å²) >= 11 is 6.06. The van der Waals surface area contributed by atoms with Gasteiger partial charge in [0.1, 0.15) is 12.3 Å². The molecular weight excluding hydrogens is 274 g/mol. The van der Waals surface area contributed by atoms with Gasteiger partial charge in [-0.05, 0) is 6.07 Å². The van der Waals surface area contributed by atoms with Crippen molar-refractivity contribution < 1.29 is 9.57 Å². The highest BCUT2D eigenvalue weighted by atomic mass is 35.5. The molecule has 0 bridgehead atoms. The monoisotopic (exact) mass is 289 g/mol. The zero-order chi connectivity index (χ0) is 14.2. The molecule has 0 aromatic heterocycles. The number of benzene rings is 2. The van der Waals surface area contributed by atoms with Gasteiger partial charge in [-0.2, -0.15) is 0 Å². The molecule has 4 heteroatoms. The van der Waals surface area contributed by atoms with Crippen molar-refractivity contribution in [1.82, 2.24) is 0 Å². The summed E-state index contributed by atoms with van der Waals surface area (Å²) in [5.74, 6) is 0. The first-order chi connectivity index (χ1) is 9.81. The molecule has 0 saturated heterocycles. The van der Waals surface area contributed by atoms with Crippen molar-refractivity contribution in [3.05, 3.63) is 70.7 Å². The van der Waals surface area contributed by atoms with Crippen molar-refractivity contribution in [2.45, 2.75) is 6.61 Å². The largest absolute Gasteiger partial charge is 0.391 e. The Labute approximate surface area is 123 Å². The number of hydrogen-bond acceptors (Lipinski definition) is 3. The van der Waals surface area contributed by atoms with Crippen LogP contribution < -0.4 is 0 Å². The number of oxime groups is 1. The molecule has 104 valence electrons. The quantitative estimate of drug-likeness (QED) is 0.596. The second-order valence-electron chi connectivity index (χ2n) is 4.20. The number of nitrogens with zero attached hydrogens (tertiary/aromatic N) is 1. The fourth-order valence-electron chi connectivity index (χ4n) is 1.72. The Morgan fingerprint density at radius 2 is 1.75 bits per heavy atom. The molecule has 20 heavy (non-hydrogen) atoms. The zero-order valence-corrected chi connectivity index (χ0v) is 12.0. The van der Waals surface area contributed by atoms with E-state index in [0.29, 0.717) is 18.2 Å². The molecule has 0 unspecified atom stereocenters. The van der Waals surface area contributed by atoms with Crippen LogP contribution in [0.3, 0.4) is 0 Å². The molecule has 0 aliphatic heterocycles. The van der Waals surface area contributed by atoms with Crippen LogP contribution in [0.1, 0.15) is 11.1 Å². The van der Waals surface area contributed by atoms with Gasteiger partial charge < -0.3 is 9.57 Å². The van der Waals surface area contributed by atoms with E-state index in [1.54, 1.807) is 7.11 Å². The predicted molar refractivity (Wildman–Crippen MR) is 81.1 cm³/mol. The first-order valence-corrected chi connectivity index (χ1v) is 6.65. The van der Waals surface area contributed by atoms with Gasteiger partial charge in [0.2, 0.25) is 0 Å². The molecule has 0 atom stereocenters. The fraction of sp³-hybridized carbons (Fsp3) is 0.188. The average molecular weight is 290 g/mol. The lowest BCUT2D eigenvalue weighted by atomic mass is 10.1. The minimum atomic E-state index is 0.333. The van der Waals surface area contributed by atoms with E-state index in [1.165, 1.54) is 0 Å². The first-order valence-electron chi connectivity index (χ1n) is 6.28. The van der Waals surface area contributed by atoms with Crippen LogP contribution in [0.2, 0.25) is 5.02 Å². The van der Waals surface area contributed by atoms with Crippen LogP contribution in [0.5, 0.6) is 0 Å². The smallest absolute Gasteiger partial charge is 0.143 e. The molecule has 2 rings (SSSR count). The predicted octanol–water partition coefficient (Wildman–Crippen LogP) is 3.91. The van der Waals surface area contributed by atoms with Crippen LogP contribution in [-0.4, -0.2) is 19.4 Å². The van der Waals surface area contributed by atoms with E-state index in [0.717, 1.165) is 16.8 Å². The van der Waals surface area contributed by atoms with Gasteiger partial charge in [0.15, 0.2) is 0 Å². The molecule has 2 aromatic carbocycles. The Balaban J connectivity index is 2.05. The Hall–Kier alpha value is -1.84. The van der Waals surface area contributed by atoms with Gasteiger partial charge in [0.25, 0.3) is 0 Å². The third kappa shape index (κ3) is 4.08. The lowest BCUT2D eigenvalue weighted by Gasteiger charge is -2.07. The Morgan fingerprint density at radius 3 is 2.45 bits per heavy atom. The Morgan fingerprint density at radius 1 is 1.05 bits per heavy atom. The van der Waals surface area contributed by atoms with E-state index in [4.69, 9.17) is 21.2 Å². The number of hydrogen-bond donors (Lipinski definition) is 0. The number of methoxy groups -OCH3 is 1. The Bertz CT molecular complexity index is 570. The molecule has 0 amide bonds. The van der Waals surface area contributed by atoms with E-state index in [2.05, 4.69) is 5.16 Å². The summed E-state index contributed by atoms with van der Waals surface area (Å²) in [4.78, 5) is 5.39. The van der Waals surface area contributed by atoms with Crippen LogP contribution in [0.4, 0.5) is 0 Å². The Kier molecular flexibility index (Phi) is 5.59. The van der Waals surface area contributed by atoms with E-state index in [9.17, 15) is 0 Å². The minimum Gasteiger partial charge on any atom is -0.391 e. The van der Waals surface area contributed by atoms with Crippen molar-refractivity contribution in [3.63, 3.8) is 0 Å². The lowest BCUT2D eigenvalue weighted by molar-refractivity contribution is 0.127. The maximum atomic E-state index is 6.06. The van der Waals surface area contributed by atoms with Crippen LogP contribution in [0, 0.1) is 0 Å². The molecule has 0 radical (unpaired) electrons. The number of halogens is 1. The number of ether oxygens (including phenoxy) is 1. The summed E-state index contributed by atoms with van der Waals surface area (Å²) in [6.07, 6.45) is 0. The maximum Gasteiger partial charge on any atom is 0.143 e. The summed E-state index contributed by atoms with van der Waals surface area (Å²) in [6.45, 7) is 0.728. The van der Waals surface area contributed by atoms with Crippen LogP contribution >= 0.6 is 11.6 Å². The molecule has 3 nitrogen and oxygen atoms in total. The summed E-state index contributed by atoms with van der Waals surface area (Å²) in [6, 6.07) is 17.3. The molecule has 0 aliphatic carbocycles. The second-order valence-corrected chi connectivity index (χ2v) is 4.61. The van der Waals surface area contributed by atoms with E-state index >= 15 is 0 Å². The summed E-state index contributed by atoms with van der Waals surface area (Å²) in [7, 11) is 1.63. The number of rotatable bonds is 6. The van der Waals surface area contributed by atoms with Crippen molar-refractivity contribution in [1.29, 1.82) is 0 Å². The van der Waals surface area contributed by atoms with E-state index < -0.39 is 0 Å². The van der Waals surface area contributed by atoms with Gasteiger partial charge in [-0.15, -0.1) is 0 Å². The van der Waals surface area contributed by atoms with Gasteiger partial charge in [0, 0.05) is 23.3 Å². The van der Waals surface area contributed by atoms with Crippen LogP contribution in [0.25, 0.3) is 0 Å². The molecule has 0 aliphatic rings. The molecule has 0 spiro atoms. The van der Waals surface area contributed by atoms with E-state index in [-0.39, 0.29) is 0 Å². The SMILES string of the molecule is COC/C(=N\OCc1ccccc1Cl)c1ccccc1. The highest BCUT2D eigenvalue weighted by Gasteiger charge is 2.04. The summed E-state index contributed by atoms with van der Waals surface area (Å²) < 4.78 is 5.15. The van der Waals surface area contributed by atoms with Gasteiger partial charge in [-0.1, -0.05) is 65.3 Å². The van der Waals surface area contributed by atoms with Crippen molar-refractivity contribution in [2.24, 2.45) is 5.16 Å². The minimum absolute atomic E-state index is 0.333. The van der Waals surface area contributed by atoms with Gasteiger partial charge >= 0.3 is 0 Å². The molecule has 0 fully saturated rings. The summed E-state index contributed by atoms with van der Waals surface area (Å²) in [5.41, 5.74) is 2.64. The van der Waals surface area contributed by atoms with Crippen LogP contribution in [0.15, 0.2) is 59.8 Å². The standard InChI is InChI=1S/C16H16ClNO2/c1-19-12-16(13-7-3-2-4-8-13)18-20-11-14-9-5-6-10-15(14)17/h2-10H,11-12H2,1H3/b18-16+. The first kappa shape index (κ1) is 14.6. The molecule has 2 aromatic rings. The van der Waals surface area contributed by atoms with Gasteiger partial charge in [-0.3, -0.25) is 0 Å². The zero-order valence-electron chi connectivity index (χ0n) is 11.3.